The molecular formula is C22H19ClN4O4S. The number of benzene rings is 3. The Morgan fingerprint density at radius 2 is 1.62 bits per heavy atom. The highest BCUT2D eigenvalue weighted by Gasteiger charge is 2.38. The molecule has 0 spiro atoms. The van der Waals surface area contributed by atoms with Crippen molar-refractivity contribution in [1.82, 2.24) is 9.62 Å². The van der Waals surface area contributed by atoms with Crippen LogP contribution in [0.1, 0.15) is 11.6 Å². The van der Waals surface area contributed by atoms with Crippen molar-refractivity contribution in [2.45, 2.75) is 10.9 Å². The van der Waals surface area contributed by atoms with E-state index < -0.39 is 28.1 Å². The van der Waals surface area contributed by atoms with Gasteiger partial charge in [0.15, 0.2) is 0 Å². The maximum absolute atomic E-state index is 13.1. The molecule has 0 aliphatic carbocycles. The van der Waals surface area contributed by atoms with Crippen molar-refractivity contribution in [2.24, 2.45) is 0 Å². The van der Waals surface area contributed by atoms with Gasteiger partial charge in [0.25, 0.3) is 10.0 Å². The van der Waals surface area contributed by atoms with Gasteiger partial charge in [0.05, 0.1) is 28.2 Å². The van der Waals surface area contributed by atoms with Gasteiger partial charge >= 0.3 is 12.1 Å². The molecule has 3 N–H and O–H groups in total. The molecular weight excluding hydrogens is 452 g/mol. The summed E-state index contributed by atoms with van der Waals surface area (Å²) in [7, 11) is -4.14. The molecule has 10 heteroatoms. The average molecular weight is 471 g/mol. The summed E-state index contributed by atoms with van der Waals surface area (Å²) in [6, 6.07) is 20.1. The maximum Gasteiger partial charge on any atom is 0.331 e. The molecule has 1 aliphatic rings. The van der Waals surface area contributed by atoms with E-state index in [0.29, 0.717) is 5.69 Å². The molecule has 1 atom stereocenters. The molecule has 1 fully saturated rings. The zero-order valence-electron chi connectivity index (χ0n) is 16.7. The van der Waals surface area contributed by atoms with Gasteiger partial charge in [-0.05, 0) is 35.9 Å². The summed E-state index contributed by atoms with van der Waals surface area (Å²) < 4.78 is 26.9. The second-order valence-corrected chi connectivity index (χ2v) is 9.31. The number of anilines is 2. The van der Waals surface area contributed by atoms with Gasteiger partial charge in [-0.3, -0.25) is 0 Å². The van der Waals surface area contributed by atoms with E-state index in [9.17, 15) is 18.0 Å². The molecule has 3 aromatic carbocycles. The number of nitrogens with one attached hydrogen (secondary N) is 3. The minimum atomic E-state index is -4.14. The second kappa shape index (κ2) is 8.89. The van der Waals surface area contributed by atoms with E-state index in [1.165, 1.54) is 18.2 Å². The number of amides is 4. The van der Waals surface area contributed by atoms with Crippen molar-refractivity contribution < 1.29 is 18.0 Å². The van der Waals surface area contributed by atoms with E-state index in [0.717, 1.165) is 9.87 Å². The number of para-hydroxylation sites is 1. The monoisotopic (exact) mass is 470 g/mol. The van der Waals surface area contributed by atoms with Crippen LogP contribution in [0.5, 0.6) is 0 Å². The summed E-state index contributed by atoms with van der Waals surface area (Å²) in [5.74, 6) is 0. The predicted molar refractivity (Wildman–Crippen MR) is 122 cm³/mol. The third-order valence-corrected chi connectivity index (χ3v) is 6.94. The van der Waals surface area contributed by atoms with Crippen LogP contribution in [0.25, 0.3) is 0 Å². The van der Waals surface area contributed by atoms with Crippen LogP contribution in [0.15, 0.2) is 83.8 Å². The lowest BCUT2D eigenvalue weighted by Crippen LogP contribution is -2.34. The van der Waals surface area contributed by atoms with Crippen LogP contribution < -0.4 is 16.0 Å². The van der Waals surface area contributed by atoms with Crippen molar-refractivity contribution in [2.75, 3.05) is 17.2 Å². The number of carbonyl (C=O) groups is 2. The number of hydrogen-bond acceptors (Lipinski definition) is 4. The Kier molecular flexibility index (Phi) is 6.02. The van der Waals surface area contributed by atoms with Crippen LogP contribution in [0.3, 0.4) is 0 Å². The van der Waals surface area contributed by atoms with Crippen molar-refractivity contribution in [1.29, 1.82) is 0 Å². The number of urea groups is 2. The highest BCUT2D eigenvalue weighted by atomic mass is 35.5. The Morgan fingerprint density at radius 1 is 0.969 bits per heavy atom. The molecule has 0 aromatic heterocycles. The zero-order chi connectivity index (χ0) is 22.7. The second-order valence-electron chi connectivity index (χ2n) is 7.04. The first-order chi connectivity index (χ1) is 15.3. The van der Waals surface area contributed by atoms with Crippen molar-refractivity contribution in [3.63, 3.8) is 0 Å². The van der Waals surface area contributed by atoms with Gasteiger partial charge in [-0.2, -0.15) is 0 Å². The molecule has 8 nitrogen and oxygen atoms in total. The summed E-state index contributed by atoms with van der Waals surface area (Å²) in [4.78, 5) is 24.4. The van der Waals surface area contributed by atoms with E-state index in [2.05, 4.69) is 16.0 Å². The molecule has 0 saturated carbocycles. The van der Waals surface area contributed by atoms with Gasteiger partial charge < -0.3 is 16.0 Å². The van der Waals surface area contributed by atoms with Crippen LogP contribution in [0.4, 0.5) is 21.0 Å². The first-order valence-corrected chi connectivity index (χ1v) is 11.5. The van der Waals surface area contributed by atoms with E-state index in [4.69, 9.17) is 11.6 Å². The summed E-state index contributed by atoms with van der Waals surface area (Å²) in [6.45, 7) is -0.0394. The molecule has 0 radical (unpaired) electrons. The van der Waals surface area contributed by atoms with Gasteiger partial charge in [0.2, 0.25) is 0 Å². The van der Waals surface area contributed by atoms with Crippen LogP contribution in [-0.4, -0.2) is 31.3 Å². The zero-order valence-corrected chi connectivity index (χ0v) is 18.2. The molecule has 4 amide bonds. The minimum Gasteiger partial charge on any atom is -0.328 e. The Hall–Kier alpha value is -3.56. The Morgan fingerprint density at radius 3 is 2.28 bits per heavy atom. The first kappa shape index (κ1) is 21.7. The average Bonchev–Trinajstić information content (AvgIpc) is 3.19. The highest BCUT2D eigenvalue weighted by Crippen LogP contribution is 2.30. The lowest BCUT2D eigenvalue weighted by molar-refractivity contribution is 0.235. The maximum atomic E-state index is 13.1. The lowest BCUT2D eigenvalue weighted by Gasteiger charge is -2.16. The van der Waals surface area contributed by atoms with Crippen LogP contribution in [-0.2, 0) is 10.0 Å². The summed E-state index contributed by atoms with van der Waals surface area (Å²) in [5, 5.41) is 7.92. The molecule has 32 heavy (non-hydrogen) atoms. The summed E-state index contributed by atoms with van der Waals surface area (Å²) in [6.07, 6.45) is 0. The molecule has 164 valence electrons. The molecule has 4 rings (SSSR count). The van der Waals surface area contributed by atoms with Gasteiger partial charge in [-0.25, -0.2) is 22.3 Å². The van der Waals surface area contributed by atoms with Crippen molar-refractivity contribution in [3.8, 4) is 0 Å². The fourth-order valence-electron chi connectivity index (χ4n) is 3.29. The van der Waals surface area contributed by atoms with Gasteiger partial charge in [0.1, 0.15) is 0 Å². The van der Waals surface area contributed by atoms with E-state index in [1.807, 2.05) is 36.4 Å². The number of nitrogens with zero attached hydrogens (tertiary/aromatic N) is 1. The molecule has 3 aromatic rings. The summed E-state index contributed by atoms with van der Waals surface area (Å²) in [5.41, 5.74) is 1.63. The van der Waals surface area contributed by atoms with E-state index in [-0.39, 0.29) is 22.2 Å². The topological polar surface area (TPSA) is 108 Å². The predicted octanol–water partition coefficient (Wildman–Crippen LogP) is 4.44. The molecule has 1 saturated heterocycles. The molecule has 0 unspecified atom stereocenters. The molecule has 1 aliphatic heterocycles. The number of sulfonamides is 1. The summed E-state index contributed by atoms with van der Waals surface area (Å²) >= 11 is 6.22. The normalized spacial score (nSPS) is 15.8. The Labute approximate surface area is 190 Å². The Balaban J connectivity index is 1.49. The number of hydrogen-bond donors (Lipinski definition) is 3. The van der Waals surface area contributed by atoms with Crippen molar-refractivity contribution >= 4 is 45.1 Å². The van der Waals surface area contributed by atoms with Crippen molar-refractivity contribution in [3.05, 3.63) is 89.4 Å². The van der Waals surface area contributed by atoms with Crippen LogP contribution in [0, 0.1) is 0 Å². The largest absolute Gasteiger partial charge is 0.331 e. The van der Waals surface area contributed by atoms with Crippen LogP contribution in [0.2, 0.25) is 5.02 Å². The van der Waals surface area contributed by atoms with Gasteiger partial charge in [0, 0.05) is 5.69 Å². The van der Waals surface area contributed by atoms with E-state index >= 15 is 0 Å². The third kappa shape index (κ3) is 4.53. The third-order valence-electron chi connectivity index (χ3n) is 4.88. The standard InChI is InChI=1S/C22H19ClN4O4S/c23-18-13-17(11-12-19(18)25-21(28)24-16-9-5-2-6-10-16)32(30,31)27-14-20(26-22(27)29)15-7-3-1-4-8-15/h1-13,20H,14H2,(H,26,29)(H2,24,25,28)/t20-/m1/s1. The van der Waals surface area contributed by atoms with Gasteiger partial charge in [-0.15, -0.1) is 0 Å². The molecule has 1 heterocycles. The first-order valence-electron chi connectivity index (χ1n) is 9.65. The highest BCUT2D eigenvalue weighted by molar-refractivity contribution is 7.89. The SMILES string of the molecule is O=C(Nc1ccccc1)Nc1ccc(S(=O)(=O)N2C[C@H](c3ccccc3)NC2=O)cc1Cl. The minimum absolute atomic E-state index is 0.0218. The fraction of sp³-hybridized carbons (Fsp3) is 0.0909. The van der Waals surface area contributed by atoms with E-state index in [1.54, 1.807) is 24.3 Å². The number of carbonyl (C=O) groups excluding carboxylic acids is 2. The number of rotatable bonds is 5. The Bertz CT molecular complexity index is 1250. The lowest BCUT2D eigenvalue weighted by atomic mass is 10.1. The van der Waals surface area contributed by atoms with Gasteiger partial charge in [-0.1, -0.05) is 60.1 Å². The molecule has 0 bridgehead atoms. The fourth-order valence-corrected chi connectivity index (χ4v) is 4.96. The smallest absolute Gasteiger partial charge is 0.328 e. The van der Waals surface area contributed by atoms with Crippen LogP contribution >= 0.6 is 11.6 Å². The quantitative estimate of drug-likeness (QED) is 0.512. The number of halogens is 1.